The minimum absolute atomic E-state index is 0.758. The lowest BCUT2D eigenvalue weighted by atomic mass is 9.96. The van der Waals surface area contributed by atoms with Crippen LogP contribution in [0, 0.1) is 5.92 Å². The van der Waals surface area contributed by atoms with E-state index in [1.54, 1.807) is 0 Å². The van der Waals surface area contributed by atoms with Crippen molar-refractivity contribution in [3.05, 3.63) is 20.8 Å². The van der Waals surface area contributed by atoms with Gasteiger partial charge in [0.2, 0.25) is 0 Å². The Morgan fingerprint density at radius 2 is 2.07 bits per heavy atom. The quantitative estimate of drug-likeness (QED) is 0.494. The fraction of sp³-hybridized carbons (Fsp3) is 0.667. The normalized spacial score (nSPS) is 27.6. The molecule has 1 aromatic heterocycles. The van der Waals surface area contributed by atoms with E-state index in [1.807, 2.05) is 11.3 Å². The summed E-state index contributed by atoms with van der Waals surface area (Å²) < 4.78 is 1.27. The third-order valence-corrected chi connectivity index (χ3v) is 5.57. The summed E-state index contributed by atoms with van der Waals surface area (Å²) in [5.41, 5.74) is 0. The SMILES string of the molecule is Brc1ccc(CC2CCCCC(Br)C2)s1. The summed E-state index contributed by atoms with van der Waals surface area (Å²) in [6.45, 7) is 0. The van der Waals surface area contributed by atoms with Crippen LogP contribution in [0.1, 0.15) is 37.0 Å². The van der Waals surface area contributed by atoms with Crippen LogP contribution in [0.5, 0.6) is 0 Å². The smallest absolute Gasteiger partial charge is 0.0701 e. The van der Waals surface area contributed by atoms with Crippen molar-refractivity contribution in [2.75, 3.05) is 0 Å². The van der Waals surface area contributed by atoms with Gasteiger partial charge < -0.3 is 0 Å². The summed E-state index contributed by atoms with van der Waals surface area (Å²) in [6.07, 6.45) is 8.23. The number of hydrogen-bond donors (Lipinski definition) is 0. The minimum Gasteiger partial charge on any atom is -0.133 e. The molecule has 1 heterocycles. The van der Waals surface area contributed by atoms with Crippen molar-refractivity contribution in [3.63, 3.8) is 0 Å². The molecule has 15 heavy (non-hydrogen) atoms. The third kappa shape index (κ3) is 3.86. The molecule has 0 aliphatic heterocycles. The Bertz CT molecular complexity index is 308. The fourth-order valence-electron chi connectivity index (χ4n) is 2.33. The van der Waals surface area contributed by atoms with Gasteiger partial charge in [0.05, 0.1) is 3.79 Å². The van der Waals surface area contributed by atoms with Gasteiger partial charge in [-0.1, -0.05) is 35.2 Å². The number of alkyl halides is 1. The second-order valence-electron chi connectivity index (χ2n) is 4.39. The van der Waals surface area contributed by atoms with E-state index >= 15 is 0 Å². The monoisotopic (exact) mass is 350 g/mol. The first-order chi connectivity index (χ1) is 7.24. The maximum atomic E-state index is 3.79. The second kappa shape index (κ2) is 5.83. The summed E-state index contributed by atoms with van der Waals surface area (Å²) in [6, 6.07) is 4.44. The molecule has 0 N–H and O–H groups in total. The molecule has 1 saturated carbocycles. The van der Waals surface area contributed by atoms with Gasteiger partial charge in [0, 0.05) is 9.70 Å². The van der Waals surface area contributed by atoms with E-state index < -0.39 is 0 Å². The van der Waals surface area contributed by atoms with Gasteiger partial charge in [-0.15, -0.1) is 11.3 Å². The highest BCUT2D eigenvalue weighted by molar-refractivity contribution is 9.11. The lowest BCUT2D eigenvalue weighted by Crippen LogP contribution is -2.07. The molecule has 0 radical (unpaired) electrons. The average molecular weight is 352 g/mol. The predicted octanol–water partition coefficient (Wildman–Crippen LogP) is 5.40. The predicted molar refractivity (Wildman–Crippen MR) is 75.0 cm³/mol. The van der Waals surface area contributed by atoms with Crippen LogP contribution < -0.4 is 0 Å². The van der Waals surface area contributed by atoms with E-state index in [9.17, 15) is 0 Å². The Morgan fingerprint density at radius 1 is 1.27 bits per heavy atom. The first-order valence-electron chi connectivity index (χ1n) is 5.62. The Morgan fingerprint density at radius 3 is 2.80 bits per heavy atom. The van der Waals surface area contributed by atoms with Crippen LogP contribution in [0.2, 0.25) is 0 Å². The van der Waals surface area contributed by atoms with E-state index in [2.05, 4.69) is 44.0 Å². The molecule has 84 valence electrons. The maximum absolute atomic E-state index is 3.79. The van der Waals surface area contributed by atoms with Gasteiger partial charge in [0.1, 0.15) is 0 Å². The van der Waals surface area contributed by atoms with Crippen LogP contribution >= 0.6 is 43.2 Å². The topological polar surface area (TPSA) is 0 Å². The van der Waals surface area contributed by atoms with Crippen molar-refractivity contribution >= 4 is 43.2 Å². The van der Waals surface area contributed by atoms with Gasteiger partial charge in [-0.3, -0.25) is 0 Å². The van der Waals surface area contributed by atoms with Gasteiger partial charge in [-0.2, -0.15) is 0 Å². The fourth-order valence-corrected chi connectivity index (χ4v) is 4.78. The number of rotatable bonds is 2. The highest BCUT2D eigenvalue weighted by atomic mass is 79.9. The number of halogens is 2. The summed E-state index contributed by atoms with van der Waals surface area (Å²) in [7, 11) is 0. The molecule has 2 unspecified atom stereocenters. The number of hydrogen-bond acceptors (Lipinski definition) is 1. The Balaban J connectivity index is 1.92. The molecule has 0 aromatic carbocycles. The van der Waals surface area contributed by atoms with E-state index in [4.69, 9.17) is 0 Å². The molecule has 1 aliphatic carbocycles. The first-order valence-corrected chi connectivity index (χ1v) is 8.15. The molecule has 0 saturated heterocycles. The Kier molecular flexibility index (Phi) is 4.71. The van der Waals surface area contributed by atoms with Crippen molar-refractivity contribution < 1.29 is 0 Å². The third-order valence-electron chi connectivity index (χ3n) is 3.09. The van der Waals surface area contributed by atoms with Crippen LogP contribution in [-0.2, 0) is 6.42 Å². The van der Waals surface area contributed by atoms with Crippen LogP contribution in [0.3, 0.4) is 0 Å². The van der Waals surface area contributed by atoms with Gasteiger partial charge >= 0.3 is 0 Å². The van der Waals surface area contributed by atoms with E-state index in [-0.39, 0.29) is 0 Å². The molecule has 0 nitrogen and oxygen atoms in total. The van der Waals surface area contributed by atoms with Gasteiger partial charge in [-0.05, 0) is 53.2 Å². The molecule has 2 atom stereocenters. The molecule has 2 rings (SSSR count). The molecule has 1 fully saturated rings. The highest BCUT2D eigenvalue weighted by Crippen LogP contribution is 2.32. The van der Waals surface area contributed by atoms with Crippen LogP contribution in [0.25, 0.3) is 0 Å². The molecule has 0 amide bonds. The summed E-state index contributed by atoms with van der Waals surface area (Å²) >= 11 is 9.22. The van der Waals surface area contributed by atoms with Gasteiger partial charge in [0.25, 0.3) is 0 Å². The molecule has 0 bridgehead atoms. The molecule has 0 spiro atoms. The lowest BCUT2D eigenvalue weighted by molar-refractivity contribution is 0.467. The van der Waals surface area contributed by atoms with Crippen LogP contribution in [-0.4, -0.2) is 4.83 Å². The van der Waals surface area contributed by atoms with Crippen molar-refractivity contribution in [1.29, 1.82) is 0 Å². The second-order valence-corrected chi connectivity index (χ2v) is 8.24. The van der Waals surface area contributed by atoms with Crippen molar-refractivity contribution in [2.45, 2.75) is 43.4 Å². The Labute approximate surface area is 113 Å². The minimum atomic E-state index is 0.758. The van der Waals surface area contributed by atoms with E-state index in [0.29, 0.717) is 0 Å². The molecular formula is C12H16Br2S. The van der Waals surface area contributed by atoms with Gasteiger partial charge in [0.15, 0.2) is 0 Å². The van der Waals surface area contributed by atoms with E-state index in [0.717, 1.165) is 10.7 Å². The van der Waals surface area contributed by atoms with Crippen LogP contribution in [0.15, 0.2) is 15.9 Å². The van der Waals surface area contributed by atoms with Crippen molar-refractivity contribution in [3.8, 4) is 0 Å². The summed E-state index contributed by atoms with van der Waals surface area (Å²) in [5.74, 6) is 0.891. The highest BCUT2D eigenvalue weighted by Gasteiger charge is 2.18. The first kappa shape index (κ1) is 12.1. The van der Waals surface area contributed by atoms with Crippen LogP contribution in [0.4, 0.5) is 0 Å². The molecular weight excluding hydrogens is 336 g/mol. The lowest BCUT2D eigenvalue weighted by Gasteiger charge is -2.14. The zero-order valence-electron chi connectivity index (χ0n) is 8.72. The Hall–Kier alpha value is 0.660. The number of thiophene rings is 1. The zero-order valence-corrected chi connectivity index (χ0v) is 12.7. The van der Waals surface area contributed by atoms with Crippen molar-refractivity contribution in [2.24, 2.45) is 5.92 Å². The summed E-state index contributed by atoms with van der Waals surface area (Å²) in [4.78, 5) is 2.29. The van der Waals surface area contributed by atoms with Crippen molar-refractivity contribution in [1.82, 2.24) is 0 Å². The van der Waals surface area contributed by atoms with Gasteiger partial charge in [-0.25, -0.2) is 0 Å². The average Bonchev–Trinajstić information content (AvgIpc) is 2.46. The molecule has 1 aromatic rings. The largest absolute Gasteiger partial charge is 0.133 e. The zero-order chi connectivity index (χ0) is 10.7. The standard InChI is InChI=1S/C12H16Br2S/c13-10-4-2-1-3-9(7-10)8-11-5-6-12(14)15-11/h5-6,9-10H,1-4,7-8H2. The molecule has 1 aliphatic rings. The van der Waals surface area contributed by atoms with E-state index in [1.165, 1.54) is 47.2 Å². The summed E-state index contributed by atoms with van der Waals surface area (Å²) in [5, 5.41) is 0. The molecule has 3 heteroatoms. The maximum Gasteiger partial charge on any atom is 0.0701 e.